The smallest absolute Gasteiger partial charge is 0.134 e. The Morgan fingerprint density at radius 2 is 2.15 bits per heavy atom. The van der Waals surface area contributed by atoms with Crippen molar-refractivity contribution in [1.82, 2.24) is 0 Å². The van der Waals surface area contributed by atoms with Crippen LogP contribution < -0.4 is 5.73 Å². The predicted octanol–water partition coefficient (Wildman–Crippen LogP) is 2.26. The zero-order valence-electron chi connectivity index (χ0n) is 6.99. The highest BCUT2D eigenvalue weighted by Gasteiger charge is 2.02. The summed E-state index contributed by atoms with van der Waals surface area (Å²) < 4.78 is 5.51. The minimum Gasteiger partial charge on any atom is -0.461 e. The molecule has 0 atom stereocenters. The zero-order valence-corrected chi connectivity index (χ0v) is 7.80. The van der Waals surface area contributed by atoms with E-state index < -0.39 is 0 Å². The van der Waals surface area contributed by atoms with E-state index in [4.69, 9.17) is 22.4 Å². The molecule has 0 unspecified atom stereocenters. The summed E-state index contributed by atoms with van der Waals surface area (Å²) in [5, 5.41) is 1.09. The second kappa shape index (κ2) is 3.18. The van der Waals surface area contributed by atoms with Gasteiger partial charge in [-0.05, 0) is 12.1 Å². The SMILES string of the molecule is NC(=S)Cc1cc2ccccc2o1. The van der Waals surface area contributed by atoms with Crippen LogP contribution >= 0.6 is 12.2 Å². The third-order valence-corrected chi connectivity index (χ3v) is 1.97. The summed E-state index contributed by atoms with van der Waals surface area (Å²) in [5.74, 6) is 0.828. The number of furan rings is 1. The maximum absolute atomic E-state index is 5.51. The number of para-hydroxylation sites is 1. The van der Waals surface area contributed by atoms with Crippen LogP contribution in [0.3, 0.4) is 0 Å². The third kappa shape index (κ3) is 1.70. The standard InChI is InChI=1S/C10H9NOS/c11-10(13)6-8-5-7-3-1-2-4-9(7)12-8/h1-5H,6H2,(H2,11,13). The molecule has 2 N–H and O–H groups in total. The molecule has 1 aromatic carbocycles. The average Bonchev–Trinajstić information content (AvgIpc) is 2.44. The molecule has 0 radical (unpaired) electrons. The fraction of sp³-hybridized carbons (Fsp3) is 0.100. The molecule has 0 saturated carbocycles. The van der Waals surface area contributed by atoms with Crippen LogP contribution in [-0.2, 0) is 6.42 Å². The molecule has 1 aromatic heterocycles. The molecular weight excluding hydrogens is 182 g/mol. The van der Waals surface area contributed by atoms with Crippen LogP contribution in [0.25, 0.3) is 11.0 Å². The molecule has 0 aliphatic heterocycles. The van der Waals surface area contributed by atoms with Gasteiger partial charge >= 0.3 is 0 Å². The molecular formula is C10H9NOS. The molecule has 0 bridgehead atoms. The van der Waals surface area contributed by atoms with Crippen LogP contribution in [0.2, 0.25) is 0 Å². The van der Waals surface area contributed by atoms with Gasteiger partial charge in [-0.15, -0.1) is 0 Å². The molecule has 3 heteroatoms. The van der Waals surface area contributed by atoms with E-state index in [-0.39, 0.29) is 0 Å². The molecule has 0 aliphatic rings. The first kappa shape index (κ1) is 8.26. The van der Waals surface area contributed by atoms with Gasteiger partial charge in [0.1, 0.15) is 11.3 Å². The van der Waals surface area contributed by atoms with Gasteiger partial charge in [0, 0.05) is 5.39 Å². The molecule has 0 amide bonds. The number of benzene rings is 1. The van der Waals surface area contributed by atoms with Crippen molar-refractivity contribution in [3.63, 3.8) is 0 Å². The lowest BCUT2D eigenvalue weighted by molar-refractivity contribution is 0.570. The molecule has 0 spiro atoms. The van der Waals surface area contributed by atoms with Crippen LogP contribution in [0.4, 0.5) is 0 Å². The average molecular weight is 191 g/mol. The van der Waals surface area contributed by atoms with Gasteiger partial charge in [-0.1, -0.05) is 30.4 Å². The van der Waals surface area contributed by atoms with Gasteiger partial charge in [0.2, 0.25) is 0 Å². The van der Waals surface area contributed by atoms with Gasteiger partial charge in [-0.25, -0.2) is 0 Å². The highest BCUT2D eigenvalue weighted by molar-refractivity contribution is 7.80. The van der Waals surface area contributed by atoms with E-state index in [2.05, 4.69) is 0 Å². The topological polar surface area (TPSA) is 39.2 Å². The normalized spacial score (nSPS) is 10.5. The van der Waals surface area contributed by atoms with Crippen LogP contribution in [0.5, 0.6) is 0 Å². The Labute approximate surface area is 81.3 Å². The van der Waals surface area contributed by atoms with Gasteiger partial charge in [0.05, 0.1) is 11.4 Å². The van der Waals surface area contributed by atoms with Crippen molar-refractivity contribution >= 4 is 28.2 Å². The fourth-order valence-corrected chi connectivity index (χ4v) is 1.44. The van der Waals surface area contributed by atoms with Crippen molar-refractivity contribution in [3.8, 4) is 0 Å². The predicted molar refractivity (Wildman–Crippen MR) is 56.7 cm³/mol. The first-order valence-electron chi connectivity index (χ1n) is 4.01. The monoisotopic (exact) mass is 191 g/mol. The Hall–Kier alpha value is -1.35. The van der Waals surface area contributed by atoms with Crippen molar-refractivity contribution in [2.24, 2.45) is 5.73 Å². The summed E-state index contributed by atoms with van der Waals surface area (Å²) in [7, 11) is 0. The highest BCUT2D eigenvalue weighted by Crippen LogP contribution is 2.18. The number of hydrogen-bond donors (Lipinski definition) is 1. The van der Waals surface area contributed by atoms with Gasteiger partial charge in [0.15, 0.2) is 0 Å². The van der Waals surface area contributed by atoms with Gasteiger partial charge in [-0.3, -0.25) is 0 Å². The summed E-state index contributed by atoms with van der Waals surface area (Å²) in [5.41, 5.74) is 6.30. The van der Waals surface area contributed by atoms with Crippen LogP contribution in [0.1, 0.15) is 5.76 Å². The molecule has 2 nitrogen and oxygen atoms in total. The fourth-order valence-electron chi connectivity index (χ4n) is 1.30. The summed E-state index contributed by atoms with van der Waals surface area (Å²) in [4.78, 5) is 0.457. The summed E-state index contributed by atoms with van der Waals surface area (Å²) in [6, 6.07) is 9.81. The molecule has 66 valence electrons. The van der Waals surface area contributed by atoms with Crippen LogP contribution in [-0.4, -0.2) is 4.99 Å². The van der Waals surface area contributed by atoms with E-state index in [0.29, 0.717) is 11.4 Å². The van der Waals surface area contributed by atoms with Crippen LogP contribution in [0, 0.1) is 0 Å². The van der Waals surface area contributed by atoms with Gasteiger partial charge < -0.3 is 10.2 Å². The Bertz CT molecular complexity index is 414. The molecule has 2 aromatic rings. The maximum atomic E-state index is 5.51. The molecule has 2 rings (SSSR count). The Morgan fingerprint density at radius 1 is 1.38 bits per heavy atom. The van der Waals surface area contributed by atoms with Crippen molar-refractivity contribution < 1.29 is 4.42 Å². The van der Waals surface area contributed by atoms with Crippen molar-refractivity contribution in [3.05, 3.63) is 36.1 Å². The van der Waals surface area contributed by atoms with Crippen LogP contribution in [0.15, 0.2) is 34.7 Å². The van der Waals surface area contributed by atoms with E-state index in [1.165, 1.54) is 0 Å². The Balaban J connectivity index is 2.44. The number of nitrogens with two attached hydrogens (primary N) is 1. The number of fused-ring (bicyclic) bond motifs is 1. The minimum atomic E-state index is 0.457. The Kier molecular flexibility index (Phi) is 2.02. The van der Waals surface area contributed by atoms with Gasteiger partial charge in [-0.2, -0.15) is 0 Å². The Morgan fingerprint density at radius 3 is 2.85 bits per heavy atom. The molecule has 0 aliphatic carbocycles. The van der Waals surface area contributed by atoms with Crippen molar-refractivity contribution in [1.29, 1.82) is 0 Å². The second-order valence-electron chi connectivity index (χ2n) is 2.89. The lowest BCUT2D eigenvalue weighted by atomic mass is 10.2. The highest BCUT2D eigenvalue weighted by atomic mass is 32.1. The number of thiocarbonyl (C=S) groups is 1. The maximum Gasteiger partial charge on any atom is 0.134 e. The van der Waals surface area contributed by atoms with Gasteiger partial charge in [0.25, 0.3) is 0 Å². The number of rotatable bonds is 2. The van der Waals surface area contributed by atoms with E-state index >= 15 is 0 Å². The van der Waals surface area contributed by atoms with E-state index in [9.17, 15) is 0 Å². The zero-order chi connectivity index (χ0) is 9.26. The summed E-state index contributed by atoms with van der Waals surface area (Å²) >= 11 is 4.80. The van der Waals surface area contributed by atoms with E-state index in [0.717, 1.165) is 16.7 Å². The molecule has 0 saturated heterocycles. The van der Waals surface area contributed by atoms with E-state index in [1.807, 2.05) is 30.3 Å². The first-order valence-corrected chi connectivity index (χ1v) is 4.42. The van der Waals surface area contributed by atoms with E-state index in [1.54, 1.807) is 0 Å². The molecule has 1 heterocycles. The quantitative estimate of drug-likeness (QED) is 0.740. The van der Waals surface area contributed by atoms with Crippen molar-refractivity contribution in [2.75, 3.05) is 0 Å². The lowest BCUT2D eigenvalue weighted by Gasteiger charge is -1.90. The molecule has 13 heavy (non-hydrogen) atoms. The lowest BCUT2D eigenvalue weighted by Crippen LogP contribution is -2.10. The summed E-state index contributed by atoms with van der Waals surface area (Å²) in [6.45, 7) is 0. The number of hydrogen-bond acceptors (Lipinski definition) is 2. The van der Waals surface area contributed by atoms with Crippen molar-refractivity contribution in [2.45, 2.75) is 6.42 Å². The third-order valence-electron chi connectivity index (χ3n) is 1.83. The minimum absolute atomic E-state index is 0.457. The first-order chi connectivity index (χ1) is 6.25. The molecule has 0 fully saturated rings. The largest absolute Gasteiger partial charge is 0.461 e. The second-order valence-corrected chi connectivity index (χ2v) is 3.42. The summed E-state index contributed by atoms with van der Waals surface area (Å²) in [6.07, 6.45) is 0.532.